The summed E-state index contributed by atoms with van der Waals surface area (Å²) in [6, 6.07) is 3.57. The van der Waals surface area contributed by atoms with Gasteiger partial charge >= 0.3 is 0 Å². The summed E-state index contributed by atoms with van der Waals surface area (Å²) in [6.45, 7) is 1.26. The van der Waals surface area contributed by atoms with Crippen LogP contribution in [0.5, 0.6) is 5.75 Å². The first-order valence-electron chi connectivity index (χ1n) is 7.68. The van der Waals surface area contributed by atoms with Crippen molar-refractivity contribution in [3.8, 4) is 17.6 Å². The van der Waals surface area contributed by atoms with E-state index in [1.54, 1.807) is 24.5 Å². The Kier molecular flexibility index (Phi) is 6.58. The van der Waals surface area contributed by atoms with Gasteiger partial charge in [0.1, 0.15) is 12.4 Å². The van der Waals surface area contributed by atoms with Crippen molar-refractivity contribution in [1.29, 1.82) is 0 Å². The van der Waals surface area contributed by atoms with Crippen LogP contribution in [-0.2, 0) is 14.8 Å². The summed E-state index contributed by atoms with van der Waals surface area (Å²) in [5.41, 5.74) is 0. The highest BCUT2D eigenvalue weighted by Crippen LogP contribution is 2.19. The molecule has 2 heterocycles. The summed E-state index contributed by atoms with van der Waals surface area (Å²) >= 11 is 0. The maximum absolute atomic E-state index is 12.0. The summed E-state index contributed by atoms with van der Waals surface area (Å²) in [5, 5.41) is 2.76. The van der Waals surface area contributed by atoms with Gasteiger partial charge in [0.15, 0.2) is 0 Å². The van der Waals surface area contributed by atoms with Crippen LogP contribution < -0.4 is 10.1 Å². The van der Waals surface area contributed by atoms with Crippen molar-refractivity contribution in [3.63, 3.8) is 0 Å². The first kappa shape index (κ1) is 18.2. The van der Waals surface area contributed by atoms with E-state index in [4.69, 9.17) is 4.74 Å². The molecular formula is C16H21N3O4S. The molecule has 24 heavy (non-hydrogen) atoms. The Bertz CT molecular complexity index is 702. The van der Waals surface area contributed by atoms with Gasteiger partial charge in [-0.05, 0) is 25.0 Å². The number of nitrogens with one attached hydrogen (secondary N) is 1. The average Bonchev–Trinajstić information content (AvgIpc) is 2.58. The predicted molar refractivity (Wildman–Crippen MR) is 89.7 cm³/mol. The van der Waals surface area contributed by atoms with Gasteiger partial charge in [0.25, 0.3) is 0 Å². The third-order valence-corrected chi connectivity index (χ3v) is 5.02. The van der Waals surface area contributed by atoms with Crippen LogP contribution >= 0.6 is 0 Å². The SMILES string of the molecule is CS(=O)(=O)N1CCC(C(=O)NCC#CCOc2cccnc2)CC1. The fraction of sp³-hybridized carbons (Fsp3) is 0.500. The van der Waals surface area contributed by atoms with E-state index in [2.05, 4.69) is 22.1 Å². The molecule has 130 valence electrons. The summed E-state index contributed by atoms with van der Waals surface area (Å²) in [7, 11) is -3.16. The van der Waals surface area contributed by atoms with Crippen molar-refractivity contribution in [2.45, 2.75) is 12.8 Å². The second-order valence-corrected chi connectivity index (χ2v) is 7.47. The number of carbonyl (C=O) groups excluding carboxylic acids is 1. The highest BCUT2D eigenvalue weighted by Gasteiger charge is 2.28. The summed E-state index contributed by atoms with van der Waals surface area (Å²) in [6.07, 6.45) is 5.53. The Labute approximate surface area is 142 Å². The van der Waals surface area contributed by atoms with Gasteiger partial charge in [-0.15, -0.1) is 0 Å². The van der Waals surface area contributed by atoms with E-state index in [0.717, 1.165) is 0 Å². The maximum atomic E-state index is 12.0. The van der Waals surface area contributed by atoms with Crippen molar-refractivity contribution >= 4 is 15.9 Å². The van der Waals surface area contributed by atoms with Gasteiger partial charge in [0, 0.05) is 25.2 Å². The number of carbonyl (C=O) groups is 1. The number of rotatable bonds is 5. The number of nitrogens with zero attached hydrogens (tertiary/aromatic N) is 2. The predicted octanol–water partition coefficient (Wildman–Crippen LogP) is 0.252. The summed E-state index contributed by atoms with van der Waals surface area (Å²) < 4.78 is 29.6. The second-order valence-electron chi connectivity index (χ2n) is 5.49. The number of amides is 1. The Morgan fingerprint density at radius 2 is 2.17 bits per heavy atom. The van der Waals surface area contributed by atoms with Crippen molar-refractivity contribution in [1.82, 2.24) is 14.6 Å². The topological polar surface area (TPSA) is 88.6 Å². The molecule has 2 rings (SSSR count). The van der Waals surface area contributed by atoms with Crippen LogP contribution in [0.2, 0.25) is 0 Å². The Hall–Kier alpha value is -2.11. The van der Waals surface area contributed by atoms with Gasteiger partial charge < -0.3 is 10.1 Å². The van der Waals surface area contributed by atoms with E-state index in [1.165, 1.54) is 10.6 Å². The molecule has 0 radical (unpaired) electrons. The molecule has 0 unspecified atom stereocenters. The number of piperidine rings is 1. The zero-order valence-electron chi connectivity index (χ0n) is 13.6. The van der Waals surface area contributed by atoms with Crippen LogP contribution in [-0.4, -0.2) is 56.1 Å². The molecule has 8 heteroatoms. The lowest BCUT2D eigenvalue weighted by Gasteiger charge is -2.29. The molecule has 1 aliphatic rings. The number of aromatic nitrogens is 1. The molecule has 0 saturated carbocycles. The third kappa shape index (κ3) is 5.83. The molecule has 1 saturated heterocycles. The smallest absolute Gasteiger partial charge is 0.223 e. The van der Waals surface area contributed by atoms with Crippen molar-refractivity contribution < 1.29 is 17.9 Å². The lowest BCUT2D eigenvalue weighted by atomic mass is 9.97. The van der Waals surface area contributed by atoms with Gasteiger partial charge in [-0.25, -0.2) is 12.7 Å². The first-order chi connectivity index (χ1) is 11.5. The van der Waals surface area contributed by atoms with Crippen molar-refractivity contribution in [2.75, 3.05) is 32.5 Å². The van der Waals surface area contributed by atoms with E-state index >= 15 is 0 Å². The second kappa shape index (κ2) is 8.66. The molecule has 0 aliphatic carbocycles. The zero-order chi connectivity index (χ0) is 17.4. The van der Waals surface area contributed by atoms with Crippen LogP contribution in [0.15, 0.2) is 24.5 Å². The van der Waals surface area contributed by atoms with Gasteiger partial charge in [-0.1, -0.05) is 11.8 Å². The van der Waals surface area contributed by atoms with E-state index in [0.29, 0.717) is 31.7 Å². The number of pyridine rings is 1. The van der Waals surface area contributed by atoms with Crippen LogP contribution in [0.4, 0.5) is 0 Å². The molecule has 1 fully saturated rings. The minimum absolute atomic E-state index is 0.0781. The molecule has 0 spiro atoms. The van der Waals surface area contributed by atoms with Gasteiger partial charge in [-0.3, -0.25) is 9.78 Å². The highest BCUT2D eigenvalue weighted by molar-refractivity contribution is 7.88. The minimum atomic E-state index is -3.16. The molecule has 0 aromatic carbocycles. The third-order valence-electron chi connectivity index (χ3n) is 3.72. The normalized spacial score (nSPS) is 16.0. The molecule has 0 bridgehead atoms. The Morgan fingerprint density at radius 1 is 1.42 bits per heavy atom. The lowest BCUT2D eigenvalue weighted by Crippen LogP contribution is -2.42. The van der Waals surface area contributed by atoms with Gasteiger partial charge in [0.2, 0.25) is 15.9 Å². The van der Waals surface area contributed by atoms with Gasteiger partial charge in [-0.2, -0.15) is 0 Å². The maximum Gasteiger partial charge on any atom is 0.223 e. The quantitative estimate of drug-likeness (QED) is 0.769. The zero-order valence-corrected chi connectivity index (χ0v) is 14.4. The van der Waals surface area contributed by atoms with Crippen LogP contribution in [0.25, 0.3) is 0 Å². The van der Waals surface area contributed by atoms with Crippen molar-refractivity contribution in [3.05, 3.63) is 24.5 Å². The monoisotopic (exact) mass is 351 g/mol. The highest BCUT2D eigenvalue weighted by atomic mass is 32.2. The molecule has 1 aliphatic heterocycles. The van der Waals surface area contributed by atoms with Crippen LogP contribution in [0.3, 0.4) is 0 Å². The van der Waals surface area contributed by atoms with Crippen LogP contribution in [0.1, 0.15) is 12.8 Å². The van der Waals surface area contributed by atoms with Crippen LogP contribution in [0, 0.1) is 17.8 Å². The molecule has 0 atom stereocenters. The number of sulfonamides is 1. The molecule has 1 aromatic rings. The largest absolute Gasteiger partial charge is 0.479 e. The standard InChI is InChI=1S/C16H21N3O4S/c1-24(21,22)19-10-6-14(7-11-19)16(20)18-9-2-3-12-23-15-5-4-8-17-13-15/h4-5,8,13-14H,6-7,9-12H2,1H3,(H,18,20). The first-order valence-corrected chi connectivity index (χ1v) is 9.53. The molecule has 1 N–H and O–H groups in total. The lowest BCUT2D eigenvalue weighted by molar-refractivity contribution is -0.125. The molecule has 7 nitrogen and oxygen atoms in total. The Balaban J connectivity index is 1.65. The summed E-state index contributed by atoms with van der Waals surface area (Å²) in [4.78, 5) is 15.9. The minimum Gasteiger partial charge on any atom is -0.479 e. The van der Waals surface area contributed by atoms with E-state index < -0.39 is 10.0 Å². The number of hydrogen-bond acceptors (Lipinski definition) is 5. The average molecular weight is 351 g/mol. The molecule has 1 amide bonds. The fourth-order valence-electron chi connectivity index (χ4n) is 2.39. The fourth-order valence-corrected chi connectivity index (χ4v) is 3.26. The summed E-state index contributed by atoms with van der Waals surface area (Å²) in [5.74, 6) is 6.05. The van der Waals surface area contributed by atoms with E-state index in [-0.39, 0.29) is 25.0 Å². The molecule has 1 aromatic heterocycles. The van der Waals surface area contributed by atoms with E-state index in [1.807, 2.05) is 0 Å². The number of ether oxygens (including phenoxy) is 1. The number of hydrogen-bond donors (Lipinski definition) is 1. The van der Waals surface area contributed by atoms with Crippen molar-refractivity contribution in [2.24, 2.45) is 5.92 Å². The Morgan fingerprint density at radius 3 is 2.79 bits per heavy atom. The molecular weight excluding hydrogens is 330 g/mol. The van der Waals surface area contributed by atoms with Gasteiger partial charge in [0.05, 0.1) is 19.0 Å². The van der Waals surface area contributed by atoms with E-state index in [9.17, 15) is 13.2 Å².